The molecule has 132 valence electrons. The number of hydrogen-bond acceptors (Lipinski definition) is 3. The number of alkyl halides is 3. The molecule has 0 radical (unpaired) electrons. The third-order valence-corrected chi connectivity index (χ3v) is 4.02. The summed E-state index contributed by atoms with van der Waals surface area (Å²) in [4.78, 5) is 13.4. The van der Waals surface area contributed by atoms with E-state index in [1.165, 1.54) is 0 Å². The summed E-state index contributed by atoms with van der Waals surface area (Å²) in [5, 5.41) is 2.64. The molecule has 1 aromatic carbocycles. The third kappa shape index (κ3) is 4.31. The molecular formula is C16H19F3N2O3. The second kappa shape index (κ2) is 6.88. The lowest BCUT2D eigenvalue weighted by molar-refractivity contribution is -0.233. The number of benzene rings is 1. The van der Waals surface area contributed by atoms with Crippen molar-refractivity contribution in [2.45, 2.75) is 25.1 Å². The van der Waals surface area contributed by atoms with Crippen molar-refractivity contribution < 1.29 is 27.4 Å². The number of ether oxygens (including phenoxy) is 2. The van der Waals surface area contributed by atoms with Crippen molar-refractivity contribution in [3.63, 3.8) is 0 Å². The van der Waals surface area contributed by atoms with Gasteiger partial charge in [-0.3, -0.25) is 0 Å². The smallest absolute Gasteiger partial charge is 0.416 e. The molecule has 2 aliphatic rings. The first-order valence-corrected chi connectivity index (χ1v) is 7.89. The van der Waals surface area contributed by atoms with E-state index in [2.05, 4.69) is 5.32 Å². The molecule has 1 N–H and O–H groups in total. The highest BCUT2D eigenvalue weighted by atomic mass is 19.4. The maximum Gasteiger partial charge on any atom is 0.416 e. The molecular weight excluding hydrogens is 325 g/mol. The van der Waals surface area contributed by atoms with Crippen molar-refractivity contribution in [2.24, 2.45) is 5.92 Å². The molecule has 2 fully saturated rings. The number of hydrogen-bond donors (Lipinski definition) is 1. The van der Waals surface area contributed by atoms with E-state index in [1.54, 1.807) is 24.3 Å². The van der Waals surface area contributed by atoms with Crippen LogP contribution in [0.4, 0.5) is 23.7 Å². The number of nitrogens with zero attached hydrogens (tertiary/aromatic N) is 1. The van der Waals surface area contributed by atoms with Crippen LogP contribution in [0.2, 0.25) is 0 Å². The number of anilines is 1. The van der Waals surface area contributed by atoms with Crippen LogP contribution in [0, 0.1) is 5.92 Å². The molecule has 3 rings (SSSR count). The van der Waals surface area contributed by atoms with Crippen LogP contribution in [0.25, 0.3) is 0 Å². The van der Waals surface area contributed by atoms with Gasteiger partial charge < -0.3 is 19.7 Å². The molecule has 1 aromatic rings. The van der Waals surface area contributed by atoms with Gasteiger partial charge in [-0.2, -0.15) is 13.2 Å². The average molecular weight is 344 g/mol. The lowest BCUT2D eigenvalue weighted by Crippen LogP contribution is -2.52. The van der Waals surface area contributed by atoms with Gasteiger partial charge >= 0.3 is 12.2 Å². The van der Waals surface area contributed by atoms with Gasteiger partial charge in [0.05, 0.1) is 25.4 Å². The zero-order chi connectivity index (χ0) is 17.2. The Morgan fingerprint density at radius 3 is 2.79 bits per heavy atom. The van der Waals surface area contributed by atoms with Crippen LogP contribution in [0.3, 0.4) is 0 Å². The van der Waals surface area contributed by atoms with Gasteiger partial charge in [-0.25, -0.2) is 4.79 Å². The summed E-state index contributed by atoms with van der Waals surface area (Å²) in [6.07, 6.45) is -4.15. The van der Waals surface area contributed by atoms with Gasteiger partial charge in [0.15, 0.2) is 6.10 Å². The monoisotopic (exact) mass is 344 g/mol. The molecule has 2 amide bonds. The molecule has 1 aliphatic heterocycles. The fourth-order valence-electron chi connectivity index (χ4n) is 2.41. The van der Waals surface area contributed by atoms with Crippen LogP contribution < -0.4 is 10.1 Å². The SMILES string of the molecule is O=C(Nc1ccccc1OCC1CC1)N1CCOC(C(F)(F)F)C1. The third-order valence-electron chi connectivity index (χ3n) is 4.02. The lowest BCUT2D eigenvalue weighted by Gasteiger charge is -2.33. The van der Waals surface area contributed by atoms with Crippen molar-refractivity contribution in [3.05, 3.63) is 24.3 Å². The van der Waals surface area contributed by atoms with Crippen LogP contribution >= 0.6 is 0 Å². The standard InChI is InChI=1S/C16H19F3N2O3/c17-16(18,19)14-9-21(7-8-23-14)15(22)20-12-3-1-2-4-13(12)24-10-11-5-6-11/h1-4,11,14H,5-10H2,(H,20,22). The molecule has 1 unspecified atom stereocenters. The largest absolute Gasteiger partial charge is 0.491 e. The maximum absolute atomic E-state index is 12.7. The molecule has 8 heteroatoms. The van der Waals surface area contributed by atoms with E-state index in [1.807, 2.05) is 0 Å². The Kier molecular flexibility index (Phi) is 4.84. The van der Waals surface area contributed by atoms with E-state index in [0.717, 1.165) is 17.7 Å². The van der Waals surface area contributed by atoms with E-state index < -0.39 is 24.9 Å². The van der Waals surface area contributed by atoms with Crippen molar-refractivity contribution >= 4 is 11.7 Å². The van der Waals surface area contributed by atoms with Gasteiger partial charge in [-0.15, -0.1) is 0 Å². The van der Waals surface area contributed by atoms with Crippen LogP contribution in [-0.2, 0) is 4.74 Å². The first-order chi connectivity index (χ1) is 11.4. The van der Waals surface area contributed by atoms with E-state index in [0.29, 0.717) is 24.0 Å². The number of carbonyl (C=O) groups is 1. The Labute approximate surface area is 137 Å². The van der Waals surface area contributed by atoms with E-state index in [4.69, 9.17) is 9.47 Å². The minimum atomic E-state index is -4.48. The second-order valence-corrected chi connectivity index (χ2v) is 6.03. The van der Waals surface area contributed by atoms with Gasteiger partial charge in [0.25, 0.3) is 0 Å². The molecule has 1 aliphatic carbocycles. The number of amides is 2. The second-order valence-electron chi connectivity index (χ2n) is 6.03. The number of morpholine rings is 1. The highest BCUT2D eigenvalue weighted by Crippen LogP contribution is 2.32. The zero-order valence-corrected chi connectivity index (χ0v) is 13.0. The number of para-hydroxylation sites is 2. The summed E-state index contributed by atoms with van der Waals surface area (Å²) in [5.41, 5.74) is 0.457. The number of urea groups is 1. The summed E-state index contributed by atoms with van der Waals surface area (Å²) in [6, 6.07) is 6.33. The van der Waals surface area contributed by atoms with E-state index in [9.17, 15) is 18.0 Å². The minimum absolute atomic E-state index is 0.115. The first-order valence-electron chi connectivity index (χ1n) is 7.89. The summed E-state index contributed by atoms with van der Waals surface area (Å²) >= 11 is 0. The summed E-state index contributed by atoms with van der Waals surface area (Å²) in [5.74, 6) is 1.08. The van der Waals surface area contributed by atoms with Crippen molar-refractivity contribution in [2.75, 3.05) is 31.6 Å². The van der Waals surface area contributed by atoms with E-state index >= 15 is 0 Å². The Morgan fingerprint density at radius 1 is 1.33 bits per heavy atom. The maximum atomic E-state index is 12.7. The van der Waals surface area contributed by atoms with E-state index in [-0.39, 0.29) is 13.2 Å². The zero-order valence-electron chi connectivity index (χ0n) is 13.0. The van der Waals surface area contributed by atoms with Crippen molar-refractivity contribution in [1.29, 1.82) is 0 Å². The van der Waals surface area contributed by atoms with Crippen molar-refractivity contribution in [1.82, 2.24) is 4.90 Å². The average Bonchev–Trinajstić information content (AvgIpc) is 3.38. The fraction of sp³-hybridized carbons (Fsp3) is 0.562. The van der Waals surface area contributed by atoms with Gasteiger partial charge in [-0.1, -0.05) is 12.1 Å². The normalized spacial score (nSPS) is 21.5. The summed E-state index contributed by atoms with van der Waals surface area (Å²) in [6.45, 7) is 0.0436. The van der Waals surface area contributed by atoms with Gasteiger partial charge in [0.2, 0.25) is 0 Å². The predicted octanol–water partition coefficient (Wildman–Crippen LogP) is 3.27. The van der Waals surface area contributed by atoms with Gasteiger partial charge in [-0.05, 0) is 30.9 Å². The van der Waals surface area contributed by atoms with Crippen molar-refractivity contribution in [3.8, 4) is 5.75 Å². The molecule has 1 saturated carbocycles. The molecule has 0 aromatic heterocycles. The number of halogens is 3. The highest BCUT2D eigenvalue weighted by molar-refractivity contribution is 5.91. The van der Waals surface area contributed by atoms with Gasteiger partial charge in [0, 0.05) is 6.54 Å². The molecule has 1 atom stereocenters. The number of nitrogens with one attached hydrogen (secondary N) is 1. The number of rotatable bonds is 4. The molecule has 0 bridgehead atoms. The Morgan fingerprint density at radius 2 is 2.08 bits per heavy atom. The Balaban J connectivity index is 1.61. The fourth-order valence-corrected chi connectivity index (χ4v) is 2.41. The van der Waals surface area contributed by atoms with Crippen LogP contribution in [0.15, 0.2) is 24.3 Å². The molecule has 5 nitrogen and oxygen atoms in total. The predicted molar refractivity (Wildman–Crippen MR) is 81.0 cm³/mol. The molecule has 24 heavy (non-hydrogen) atoms. The first kappa shape index (κ1) is 16.9. The molecule has 0 spiro atoms. The van der Waals surface area contributed by atoms with Crippen LogP contribution in [0.5, 0.6) is 5.75 Å². The highest BCUT2D eigenvalue weighted by Gasteiger charge is 2.44. The minimum Gasteiger partial charge on any atom is -0.491 e. The van der Waals surface area contributed by atoms with Gasteiger partial charge in [0.1, 0.15) is 5.75 Å². The molecule has 1 saturated heterocycles. The quantitative estimate of drug-likeness (QED) is 0.912. The number of carbonyl (C=O) groups excluding carboxylic acids is 1. The summed E-state index contributed by atoms with van der Waals surface area (Å²) in [7, 11) is 0. The molecule has 1 heterocycles. The topological polar surface area (TPSA) is 50.8 Å². The lowest BCUT2D eigenvalue weighted by atomic mass is 10.2. The van der Waals surface area contributed by atoms with Crippen LogP contribution in [-0.4, -0.2) is 49.5 Å². The Bertz CT molecular complexity index is 590. The van der Waals surface area contributed by atoms with Crippen LogP contribution in [0.1, 0.15) is 12.8 Å². The summed E-state index contributed by atoms with van der Waals surface area (Å²) < 4.78 is 48.6. The Hall–Kier alpha value is -1.96.